The molecular formula is C24H16ClI2N3O5. The molecule has 178 valence electrons. The van der Waals surface area contributed by atoms with Gasteiger partial charge in [0.15, 0.2) is 0 Å². The number of nitro benzene ring substituents is 1. The molecule has 1 amide bonds. The van der Waals surface area contributed by atoms with Crippen LogP contribution in [0.4, 0.5) is 11.4 Å². The van der Waals surface area contributed by atoms with Crippen molar-refractivity contribution in [2.75, 3.05) is 12.4 Å². The molecule has 0 bridgehead atoms. The standard InChI is InChI=1S/C24H16ClI2N3O5/c1-34-22-11-18(30(32)33)6-7-21(22)29-24(31)16(12-28)8-15-9-19(26)23(20(27)10-15)35-13-14-2-4-17(25)5-3-14/h2-11H,13H2,1H3,(H,29,31). The number of halogens is 3. The molecule has 0 aliphatic heterocycles. The number of hydrogen-bond donors (Lipinski definition) is 1. The molecule has 11 heteroatoms. The molecule has 3 aromatic carbocycles. The van der Waals surface area contributed by atoms with Gasteiger partial charge in [0.25, 0.3) is 11.6 Å². The third-order valence-corrected chi connectivity index (χ3v) is 6.49. The Morgan fingerprint density at radius 2 is 1.83 bits per heavy atom. The van der Waals surface area contributed by atoms with Crippen molar-refractivity contribution in [3.05, 3.63) is 93.6 Å². The molecule has 8 nitrogen and oxygen atoms in total. The van der Waals surface area contributed by atoms with Gasteiger partial charge in [0.2, 0.25) is 0 Å². The van der Waals surface area contributed by atoms with Crippen LogP contribution in [0.3, 0.4) is 0 Å². The number of nitro groups is 1. The number of nitrogens with one attached hydrogen (secondary N) is 1. The lowest BCUT2D eigenvalue weighted by Gasteiger charge is -2.12. The van der Waals surface area contributed by atoms with E-state index in [1.165, 1.54) is 31.4 Å². The van der Waals surface area contributed by atoms with Crippen LogP contribution in [-0.2, 0) is 11.4 Å². The molecule has 0 radical (unpaired) electrons. The Labute approximate surface area is 233 Å². The topological polar surface area (TPSA) is 114 Å². The second-order valence-electron chi connectivity index (χ2n) is 6.99. The number of carbonyl (C=O) groups excluding carboxylic acids is 1. The summed E-state index contributed by atoms with van der Waals surface area (Å²) in [5.74, 6) is 0.126. The van der Waals surface area contributed by atoms with E-state index in [0.29, 0.717) is 22.9 Å². The first-order valence-electron chi connectivity index (χ1n) is 9.83. The van der Waals surface area contributed by atoms with Gasteiger partial charge in [-0.1, -0.05) is 23.7 Å². The summed E-state index contributed by atoms with van der Waals surface area (Å²) in [4.78, 5) is 23.1. The maximum atomic E-state index is 12.7. The quantitative estimate of drug-likeness (QED) is 0.0926. The number of anilines is 1. The second kappa shape index (κ2) is 12.2. The van der Waals surface area contributed by atoms with E-state index in [-0.39, 0.29) is 22.7 Å². The number of benzene rings is 3. The predicted octanol–water partition coefficient (Wildman–Crippen LogP) is 6.59. The van der Waals surface area contributed by atoms with Crippen LogP contribution in [0.15, 0.2) is 60.2 Å². The largest absolute Gasteiger partial charge is 0.494 e. The lowest BCUT2D eigenvalue weighted by molar-refractivity contribution is -0.384. The third kappa shape index (κ3) is 7.06. The number of nitrogens with zero attached hydrogens (tertiary/aromatic N) is 2. The van der Waals surface area contributed by atoms with Gasteiger partial charge in [-0.15, -0.1) is 0 Å². The molecule has 0 atom stereocenters. The number of amides is 1. The van der Waals surface area contributed by atoms with Crippen molar-refractivity contribution >= 4 is 80.1 Å². The molecule has 3 rings (SSSR count). The lowest BCUT2D eigenvalue weighted by Crippen LogP contribution is -2.14. The number of rotatable bonds is 8. The average molecular weight is 716 g/mol. The molecule has 0 aliphatic carbocycles. The van der Waals surface area contributed by atoms with Gasteiger partial charge < -0.3 is 14.8 Å². The van der Waals surface area contributed by atoms with E-state index >= 15 is 0 Å². The average Bonchev–Trinajstić information content (AvgIpc) is 2.83. The Kier molecular flexibility index (Phi) is 9.30. The van der Waals surface area contributed by atoms with E-state index in [2.05, 4.69) is 50.5 Å². The summed E-state index contributed by atoms with van der Waals surface area (Å²) in [5, 5.41) is 23.7. The molecule has 0 aromatic heterocycles. The van der Waals surface area contributed by atoms with Crippen LogP contribution in [0.1, 0.15) is 11.1 Å². The minimum atomic E-state index is -0.673. The fourth-order valence-corrected chi connectivity index (χ4v) is 5.19. The van der Waals surface area contributed by atoms with E-state index in [9.17, 15) is 20.2 Å². The lowest BCUT2D eigenvalue weighted by atomic mass is 10.1. The molecule has 0 fully saturated rings. The van der Waals surface area contributed by atoms with Crippen molar-refractivity contribution in [1.82, 2.24) is 0 Å². The summed E-state index contributed by atoms with van der Waals surface area (Å²) in [6.07, 6.45) is 1.46. The molecule has 0 heterocycles. The van der Waals surface area contributed by atoms with E-state index in [1.807, 2.05) is 18.2 Å². The molecule has 0 saturated heterocycles. The van der Waals surface area contributed by atoms with E-state index < -0.39 is 10.8 Å². The molecular weight excluding hydrogens is 700 g/mol. The summed E-state index contributed by atoms with van der Waals surface area (Å²) >= 11 is 10.2. The van der Waals surface area contributed by atoms with Gasteiger partial charge in [-0.3, -0.25) is 14.9 Å². The minimum absolute atomic E-state index is 0.108. The van der Waals surface area contributed by atoms with Crippen molar-refractivity contribution in [3.8, 4) is 17.6 Å². The number of carbonyl (C=O) groups is 1. The van der Waals surface area contributed by atoms with Crippen molar-refractivity contribution in [1.29, 1.82) is 5.26 Å². The monoisotopic (exact) mass is 715 g/mol. The van der Waals surface area contributed by atoms with E-state index in [4.69, 9.17) is 21.1 Å². The van der Waals surface area contributed by atoms with Gasteiger partial charge in [-0.05, 0) is 92.7 Å². The highest BCUT2D eigenvalue weighted by Crippen LogP contribution is 2.32. The smallest absolute Gasteiger partial charge is 0.273 e. The Morgan fingerprint density at radius 3 is 2.40 bits per heavy atom. The SMILES string of the molecule is COc1cc([N+](=O)[O-])ccc1NC(=O)C(C#N)=Cc1cc(I)c(OCc2ccc(Cl)cc2)c(I)c1. The molecule has 0 saturated carbocycles. The van der Waals surface area contributed by atoms with Gasteiger partial charge in [-0.25, -0.2) is 0 Å². The zero-order chi connectivity index (χ0) is 25.5. The van der Waals surface area contributed by atoms with Crippen LogP contribution in [0.5, 0.6) is 11.5 Å². The predicted molar refractivity (Wildman–Crippen MR) is 150 cm³/mol. The van der Waals surface area contributed by atoms with Gasteiger partial charge in [0, 0.05) is 11.1 Å². The Hall–Kier alpha value is -2.89. The Balaban J connectivity index is 1.79. The van der Waals surface area contributed by atoms with Crippen molar-refractivity contribution in [2.24, 2.45) is 0 Å². The number of nitriles is 1. The first kappa shape index (κ1) is 26.7. The molecule has 0 spiro atoms. The van der Waals surface area contributed by atoms with Crippen LogP contribution in [0.25, 0.3) is 6.08 Å². The maximum Gasteiger partial charge on any atom is 0.273 e. The van der Waals surface area contributed by atoms with Crippen molar-refractivity contribution < 1.29 is 19.2 Å². The van der Waals surface area contributed by atoms with Crippen LogP contribution >= 0.6 is 56.8 Å². The Bertz CT molecular complexity index is 1330. The van der Waals surface area contributed by atoms with Crippen LogP contribution < -0.4 is 14.8 Å². The van der Waals surface area contributed by atoms with Gasteiger partial charge in [0.1, 0.15) is 29.7 Å². The van der Waals surface area contributed by atoms with Gasteiger partial charge in [-0.2, -0.15) is 5.26 Å². The fourth-order valence-electron chi connectivity index (χ4n) is 2.94. The normalized spacial score (nSPS) is 10.9. The zero-order valence-electron chi connectivity index (χ0n) is 18.1. The fraction of sp³-hybridized carbons (Fsp3) is 0.0833. The summed E-state index contributed by atoms with van der Waals surface area (Å²) in [5.41, 5.74) is 1.49. The molecule has 0 unspecified atom stereocenters. The highest BCUT2D eigenvalue weighted by molar-refractivity contribution is 14.1. The number of non-ortho nitro benzene ring substituents is 1. The molecule has 3 aromatic rings. The summed E-state index contributed by atoms with van der Waals surface area (Å²) in [6.45, 7) is 0.362. The molecule has 1 N–H and O–H groups in total. The van der Waals surface area contributed by atoms with Crippen molar-refractivity contribution in [3.63, 3.8) is 0 Å². The van der Waals surface area contributed by atoms with Crippen molar-refractivity contribution in [2.45, 2.75) is 6.61 Å². The highest BCUT2D eigenvalue weighted by atomic mass is 127. The minimum Gasteiger partial charge on any atom is -0.494 e. The summed E-state index contributed by atoms with van der Waals surface area (Å²) < 4.78 is 12.7. The first-order valence-corrected chi connectivity index (χ1v) is 12.4. The third-order valence-electron chi connectivity index (χ3n) is 4.64. The van der Waals surface area contributed by atoms with E-state index in [0.717, 1.165) is 12.7 Å². The highest BCUT2D eigenvalue weighted by Gasteiger charge is 2.17. The Morgan fingerprint density at radius 1 is 1.17 bits per heavy atom. The van der Waals surface area contributed by atoms with Gasteiger partial charge in [0.05, 0.1) is 30.9 Å². The number of hydrogen-bond acceptors (Lipinski definition) is 6. The summed E-state index contributed by atoms with van der Waals surface area (Å²) in [6, 6.07) is 16.6. The van der Waals surface area contributed by atoms with Gasteiger partial charge >= 0.3 is 0 Å². The number of methoxy groups -OCH3 is 1. The number of ether oxygens (including phenoxy) is 2. The van der Waals surface area contributed by atoms with Crippen LogP contribution in [0, 0.1) is 28.6 Å². The summed E-state index contributed by atoms with van der Waals surface area (Å²) in [7, 11) is 1.33. The first-order chi connectivity index (χ1) is 16.7. The molecule has 35 heavy (non-hydrogen) atoms. The van der Waals surface area contributed by atoms with E-state index in [1.54, 1.807) is 24.3 Å². The van der Waals surface area contributed by atoms with Crippen LogP contribution in [-0.4, -0.2) is 17.9 Å². The maximum absolute atomic E-state index is 12.7. The zero-order valence-corrected chi connectivity index (χ0v) is 23.1. The molecule has 0 aliphatic rings. The van der Waals surface area contributed by atoms with Crippen LogP contribution in [0.2, 0.25) is 5.02 Å². The second-order valence-corrected chi connectivity index (χ2v) is 9.76.